The number of anilines is 1. The van der Waals surface area contributed by atoms with Crippen molar-refractivity contribution < 1.29 is 4.74 Å². The second-order valence-corrected chi connectivity index (χ2v) is 6.42. The Hall–Kier alpha value is -1.32. The fourth-order valence-corrected chi connectivity index (χ4v) is 3.20. The highest BCUT2D eigenvalue weighted by Gasteiger charge is 2.32. The Kier molecular flexibility index (Phi) is 4.61. The van der Waals surface area contributed by atoms with Crippen LogP contribution in [0.4, 0.5) is 5.69 Å². The van der Waals surface area contributed by atoms with Crippen LogP contribution in [-0.4, -0.2) is 7.11 Å². The minimum absolute atomic E-state index is 0.385. The van der Waals surface area contributed by atoms with Crippen LogP contribution >= 0.6 is 15.9 Å². The summed E-state index contributed by atoms with van der Waals surface area (Å²) in [5.74, 6) is 0.738. The topological polar surface area (TPSA) is 21.3 Å². The van der Waals surface area contributed by atoms with Gasteiger partial charge in [-0.3, -0.25) is 0 Å². The Morgan fingerprint density at radius 3 is 2.57 bits per heavy atom. The van der Waals surface area contributed by atoms with E-state index in [0.29, 0.717) is 12.6 Å². The number of benzene rings is 2. The van der Waals surface area contributed by atoms with Gasteiger partial charge in [-0.2, -0.15) is 0 Å². The highest BCUT2D eigenvalue weighted by atomic mass is 79.9. The first-order valence-electron chi connectivity index (χ1n) is 7.37. The van der Waals surface area contributed by atoms with Crippen LogP contribution in [-0.2, 0) is 11.3 Å². The molecule has 1 aliphatic carbocycles. The normalized spacial score (nSPS) is 15.7. The third kappa shape index (κ3) is 3.47. The first-order chi connectivity index (χ1) is 10.3. The van der Waals surface area contributed by atoms with E-state index in [-0.39, 0.29) is 0 Å². The van der Waals surface area contributed by atoms with Gasteiger partial charge >= 0.3 is 0 Å². The van der Waals surface area contributed by atoms with Crippen molar-refractivity contribution in [1.82, 2.24) is 0 Å². The minimum atomic E-state index is 0.385. The van der Waals surface area contributed by atoms with E-state index >= 15 is 0 Å². The molecule has 1 saturated carbocycles. The standard InChI is InChI=1S/C18H20BrNO/c1-21-12-15-16(19)8-5-9-17(15)20-18(14-10-11-14)13-6-3-2-4-7-13/h2-9,14,18,20H,10-12H2,1H3. The Morgan fingerprint density at radius 2 is 1.90 bits per heavy atom. The van der Waals surface area contributed by atoms with Gasteiger partial charge < -0.3 is 10.1 Å². The molecule has 21 heavy (non-hydrogen) atoms. The third-order valence-electron chi connectivity index (χ3n) is 3.97. The van der Waals surface area contributed by atoms with Gasteiger partial charge in [-0.25, -0.2) is 0 Å². The van der Waals surface area contributed by atoms with E-state index in [0.717, 1.165) is 16.1 Å². The fourth-order valence-electron chi connectivity index (χ4n) is 2.72. The minimum Gasteiger partial charge on any atom is -0.380 e. The molecule has 110 valence electrons. The molecule has 0 aliphatic heterocycles. The van der Waals surface area contributed by atoms with Gasteiger partial charge in [0.15, 0.2) is 0 Å². The molecule has 2 aromatic rings. The molecule has 0 bridgehead atoms. The van der Waals surface area contributed by atoms with E-state index in [9.17, 15) is 0 Å². The molecule has 3 rings (SSSR count). The number of methoxy groups -OCH3 is 1. The maximum atomic E-state index is 5.34. The van der Waals surface area contributed by atoms with Crippen molar-refractivity contribution in [2.24, 2.45) is 5.92 Å². The highest BCUT2D eigenvalue weighted by Crippen LogP contribution is 2.43. The maximum Gasteiger partial charge on any atom is 0.0744 e. The lowest BCUT2D eigenvalue weighted by molar-refractivity contribution is 0.185. The van der Waals surface area contributed by atoms with E-state index in [1.165, 1.54) is 24.0 Å². The molecule has 0 heterocycles. The lowest BCUT2D eigenvalue weighted by atomic mass is 10.0. The van der Waals surface area contributed by atoms with Gasteiger partial charge in [0.2, 0.25) is 0 Å². The summed E-state index contributed by atoms with van der Waals surface area (Å²) >= 11 is 3.63. The lowest BCUT2D eigenvalue weighted by Crippen LogP contribution is -2.14. The summed E-state index contributed by atoms with van der Waals surface area (Å²) in [6, 6.07) is 17.4. The molecule has 0 radical (unpaired) electrons. The van der Waals surface area contributed by atoms with Gasteiger partial charge in [0.1, 0.15) is 0 Å². The zero-order valence-electron chi connectivity index (χ0n) is 12.2. The van der Waals surface area contributed by atoms with Crippen molar-refractivity contribution >= 4 is 21.6 Å². The van der Waals surface area contributed by atoms with Crippen LogP contribution in [0.3, 0.4) is 0 Å². The first-order valence-corrected chi connectivity index (χ1v) is 8.16. The van der Waals surface area contributed by atoms with Gasteiger partial charge in [-0.15, -0.1) is 0 Å². The van der Waals surface area contributed by atoms with E-state index in [1.54, 1.807) is 7.11 Å². The van der Waals surface area contributed by atoms with Crippen LogP contribution in [0.15, 0.2) is 53.0 Å². The second-order valence-electron chi connectivity index (χ2n) is 5.57. The molecule has 1 unspecified atom stereocenters. The van der Waals surface area contributed by atoms with E-state index in [2.05, 4.69) is 69.8 Å². The molecule has 1 N–H and O–H groups in total. The highest BCUT2D eigenvalue weighted by molar-refractivity contribution is 9.10. The molecule has 0 aromatic heterocycles. The number of nitrogens with one attached hydrogen (secondary N) is 1. The lowest BCUT2D eigenvalue weighted by Gasteiger charge is -2.22. The summed E-state index contributed by atoms with van der Waals surface area (Å²) in [6.07, 6.45) is 2.61. The quantitative estimate of drug-likeness (QED) is 0.780. The molecular formula is C18H20BrNO. The predicted molar refractivity (Wildman–Crippen MR) is 90.4 cm³/mol. The number of rotatable bonds is 6. The largest absolute Gasteiger partial charge is 0.380 e. The Labute approximate surface area is 134 Å². The Morgan fingerprint density at radius 1 is 1.14 bits per heavy atom. The number of ether oxygens (including phenoxy) is 1. The van der Waals surface area contributed by atoms with Crippen molar-refractivity contribution in [3.63, 3.8) is 0 Å². The van der Waals surface area contributed by atoms with Crippen LogP contribution in [0.1, 0.15) is 30.0 Å². The fraction of sp³-hybridized carbons (Fsp3) is 0.333. The number of hydrogen-bond acceptors (Lipinski definition) is 2. The molecule has 2 nitrogen and oxygen atoms in total. The number of halogens is 1. The van der Waals surface area contributed by atoms with E-state index in [1.807, 2.05) is 0 Å². The van der Waals surface area contributed by atoms with E-state index < -0.39 is 0 Å². The smallest absolute Gasteiger partial charge is 0.0744 e. The zero-order chi connectivity index (χ0) is 14.7. The van der Waals surface area contributed by atoms with Gasteiger partial charge in [-0.05, 0) is 36.5 Å². The maximum absolute atomic E-state index is 5.34. The zero-order valence-corrected chi connectivity index (χ0v) is 13.8. The SMILES string of the molecule is COCc1c(Br)cccc1NC(c1ccccc1)C1CC1. The molecule has 0 spiro atoms. The average molecular weight is 346 g/mol. The monoisotopic (exact) mass is 345 g/mol. The molecule has 0 amide bonds. The van der Waals surface area contributed by atoms with Crippen LogP contribution in [0.5, 0.6) is 0 Å². The molecule has 2 aromatic carbocycles. The first kappa shape index (κ1) is 14.6. The summed E-state index contributed by atoms with van der Waals surface area (Å²) in [5, 5.41) is 3.74. The van der Waals surface area contributed by atoms with Gasteiger partial charge in [0, 0.05) is 22.8 Å². The van der Waals surface area contributed by atoms with Crippen molar-refractivity contribution in [3.05, 3.63) is 64.1 Å². The third-order valence-corrected chi connectivity index (χ3v) is 4.71. The molecule has 3 heteroatoms. The van der Waals surface area contributed by atoms with Gasteiger partial charge in [0.05, 0.1) is 12.6 Å². The van der Waals surface area contributed by atoms with Crippen LogP contribution in [0, 0.1) is 5.92 Å². The second kappa shape index (κ2) is 6.63. The van der Waals surface area contributed by atoms with Crippen LogP contribution in [0.2, 0.25) is 0 Å². The van der Waals surface area contributed by atoms with E-state index in [4.69, 9.17) is 4.74 Å². The molecular weight excluding hydrogens is 326 g/mol. The Balaban J connectivity index is 1.88. The molecule has 1 fully saturated rings. The number of hydrogen-bond donors (Lipinski definition) is 1. The summed E-state index contributed by atoms with van der Waals surface area (Å²) < 4.78 is 6.44. The average Bonchev–Trinajstić information content (AvgIpc) is 3.33. The van der Waals surface area contributed by atoms with Crippen LogP contribution < -0.4 is 5.32 Å². The summed E-state index contributed by atoms with van der Waals surface area (Å²) in [4.78, 5) is 0. The molecule has 1 aliphatic rings. The summed E-state index contributed by atoms with van der Waals surface area (Å²) in [6.45, 7) is 0.607. The van der Waals surface area contributed by atoms with Crippen molar-refractivity contribution in [2.75, 3.05) is 12.4 Å². The van der Waals surface area contributed by atoms with Crippen LogP contribution in [0.25, 0.3) is 0 Å². The molecule has 1 atom stereocenters. The van der Waals surface area contributed by atoms with Gasteiger partial charge in [0.25, 0.3) is 0 Å². The van der Waals surface area contributed by atoms with Crippen molar-refractivity contribution in [2.45, 2.75) is 25.5 Å². The van der Waals surface area contributed by atoms with Crippen molar-refractivity contribution in [3.8, 4) is 0 Å². The summed E-state index contributed by atoms with van der Waals surface area (Å²) in [5.41, 5.74) is 3.71. The molecule has 0 saturated heterocycles. The summed E-state index contributed by atoms with van der Waals surface area (Å²) in [7, 11) is 1.73. The van der Waals surface area contributed by atoms with Gasteiger partial charge in [-0.1, -0.05) is 52.3 Å². The Bertz CT molecular complexity index is 595. The predicted octanol–water partition coefficient (Wildman–Crippen LogP) is 5.16. The van der Waals surface area contributed by atoms with Crippen molar-refractivity contribution in [1.29, 1.82) is 0 Å².